The van der Waals surface area contributed by atoms with Crippen molar-refractivity contribution in [1.29, 1.82) is 0 Å². The summed E-state index contributed by atoms with van der Waals surface area (Å²) < 4.78 is 32.5. The number of rotatable bonds is 8. The molecule has 0 saturated heterocycles. The number of benzene rings is 2. The van der Waals surface area contributed by atoms with E-state index in [1.54, 1.807) is 54.1 Å². The molecule has 0 aliphatic heterocycles. The zero-order valence-electron chi connectivity index (χ0n) is 16.4. The van der Waals surface area contributed by atoms with Gasteiger partial charge in [0.25, 0.3) is 0 Å². The van der Waals surface area contributed by atoms with Crippen molar-refractivity contribution in [3.8, 4) is 17.2 Å². The van der Waals surface area contributed by atoms with Gasteiger partial charge in [-0.1, -0.05) is 29.1 Å². The SMILES string of the molecule is COc1ccc(OCc2nnc(SCc3cc(C)no3)n2-c2ccccc2F)cc1. The molecule has 4 aromatic rings. The number of ether oxygens (including phenoxy) is 2. The molecule has 0 amide bonds. The Morgan fingerprint density at radius 3 is 2.53 bits per heavy atom. The zero-order chi connectivity index (χ0) is 20.9. The number of halogens is 1. The molecule has 154 valence electrons. The van der Waals surface area contributed by atoms with Gasteiger partial charge < -0.3 is 14.0 Å². The average Bonchev–Trinajstić information content (AvgIpc) is 3.37. The first-order chi connectivity index (χ1) is 14.6. The molecule has 0 spiro atoms. The van der Waals surface area contributed by atoms with Crippen molar-refractivity contribution in [2.24, 2.45) is 0 Å². The minimum Gasteiger partial charge on any atom is -0.497 e. The maximum Gasteiger partial charge on any atom is 0.196 e. The third-order valence-corrected chi connectivity index (χ3v) is 5.19. The predicted molar refractivity (Wildman–Crippen MR) is 109 cm³/mol. The fraction of sp³-hybridized carbons (Fsp3) is 0.190. The van der Waals surface area contributed by atoms with Gasteiger partial charge in [0.1, 0.15) is 29.7 Å². The van der Waals surface area contributed by atoms with Crippen LogP contribution >= 0.6 is 11.8 Å². The Labute approximate surface area is 176 Å². The topological polar surface area (TPSA) is 75.2 Å². The van der Waals surface area contributed by atoms with E-state index in [9.17, 15) is 4.39 Å². The maximum atomic E-state index is 14.6. The Balaban J connectivity index is 1.59. The minimum atomic E-state index is -0.375. The van der Waals surface area contributed by atoms with Gasteiger partial charge in [0.15, 0.2) is 11.0 Å². The molecule has 0 radical (unpaired) electrons. The summed E-state index contributed by atoms with van der Waals surface area (Å²) in [5.74, 6) is 2.68. The first kappa shape index (κ1) is 20.0. The Kier molecular flexibility index (Phi) is 5.99. The van der Waals surface area contributed by atoms with Crippen LogP contribution < -0.4 is 9.47 Å². The number of aryl methyl sites for hydroxylation is 1. The predicted octanol–water partition coefficient (Wildman–Crippen LogP) is 4.58. The van der Waals surface area contributed by atoms with Crippen molar-refractivity contribution in [3.05, 3.63) is 77.7 Å². The highest BCUT2D eigenvalue weighted by Crippen LogP contribution is 2.27. The zero-order valence-corrected chi connectivity index (χ0v) is 17.2. The van der Waals surface area contributed by atoms with E-state index in [1.807, 2.05) is 13.0 Å². The monoisotopic (exact) mass is 426 g/mol. The van der Waals surface area contributed by atoms with Gasteiger partial charge in [-0.3, -0.25) is 4.57 Å². The van der Waals surface area contributed by atoms with Crippen molar-refractivity contribution in [1.82, 2.24) is 19.9 Å². The third kappa shape index (κ3) is 4.46. The number of methoxy groups -OCH3 is 1. The Morgan fingerprint density at radius 2 is 1.83 bits per heavy atom. The molecule has 4 rings (SSSR count). The van der Waals surface area contributed by atoms with Crippen LogP contribution in [0.1, 0.15) is 17.3 Å². The molecular formula is C21H19FN4O3S. The highest BCUT2D eigenvalue weighted by molar-refractivity contribution is 7.98. The van der Waals surface area contributed by atoms with Crippen LogP contribution in [0.25, 0.3) is 5.69 Å². The van der Waals surface area contributed by atoms with E-state index in [0.29, 0.717) is 33.9 Å². The lowest BCUT2D eigenvalue weighted by Crippen LogP contribution is -2.08. The molecule has 0 aliphatic rings. The normalized spacial score (nSPS) is 10.9. The molecule has 0 saturated carbocycles. The minimum absolute atomic E-state index is 0.121. The van der Waals surface area contributed by atoms with Crippen molar-refractivity contribution in [2.75, 3.05) is 7.11 Å². The second-order valence-corrected chi connectivity index (χ2v) is 7.32. The molecule has 0 unspecified atom stereocenters. The number of nitrogens with zero attached hydrogens (tertiary/aromatic N) is 4. The van der Waals surface area contributed by atoms with Crippen molar-refractivity contribution in [3.63, 3.8) is 0 Å². The summed E-state index contributed by atoms with van der Waals surface area (Å²) in [5, 5.41) is 12.9. The fourth-order valence-electron chi connectivity index (χ4n) is 2.80. The molecule has 2 heterocycles. The van der Waals surface area contributed by atoms with Crippen LogP contribution in [0.5, 0.6) is 11.5 Å². The summed E-state index contributed by atoms with van der Waals surface area (Å²) in [6.45, 7) is 1.98. The van der Waals surface area contributed by atoms with Crippen molar-refractivity contribution >= 4 is 11.8 Å². The lowest BCUT2D eigenvalue weighted by molar-refractivity contribution is 0.292. The molecule has 0 atom stereocenters. The molecular weight excluding hydrogens is 407 g/mol. The number of para-hydroxylation sites is 1. The van der Waals surface area contributed by atoms with Crippen molar-refractivity contribution in [2.45, 2.75) is 24.4 Å². The van der Waals surface area contributed by atoms with Crippen LogP contribution in [-0.2, 0) is 12.4 Å². The largest absolute Gasteiger partial charge is 0.497 e. The van der Waals surface area contributed by atoms with Crippen LogP contribution in [0.15, 0.2) is 64.3 Å². The highest BCUT2D eigenvalue weighted by atomic mass is 32.2. The van der Waals surface area contributed by atoms with Gasteiger partial charge in [-0.05, 0) is 43.3 Å². The summed E-state index contributed by atoms with van der Waals surface area (Å²) in [6.07, 6.45) is 0. The molecule has 30 heavy (non-hydrogen) atoms. The van der Waals surface area contributed by atoms with Gasteiger partial charge in [-0.25, -0.2) is 4.39 Å². The number of hydrogen-bond acceptors (Lipinski definition) is 7. The van der Waals surface area contributed by atoms with Crippen LogP contribution in [0.3, 0.4) is 0 Å². The Morgan fingerprint density at radius 1 is 1.07 bits per heavy atom. The van der Waals surface area contributed by atoms with Crippen LogP contribution in [-0.4, -0.2) is 27.0 Å². The molecule has 0 aliphatic carbocycles. The van der Waals surface area contributed by atoms with E-state index in [-0.39, 0.29) is 12.4 Å². The van der Waals surface area contributed by atoms with Gasteiger partial charge in [0.05, 0.1) is 24.2 Å². The summed E-state index contributed by atoms with van der Waals surface area (Å²) in [5.41, 5.74) is 1.15. The summed E-state index contributed by atoms with van der Waals surface area (Å²) >= 11 is 1.38. The fourth-order valence-corrected chi connectivity index (χ4v) is 3.64. The summed E-state index contributed by atoms with van der Waals surface area (Å²) in [6, 6.07) is 15.5. The number of hydrogen-bond donors (Lipinski definition) is 0. The van der Waals surface area contributed by atoms with Gasteiger partial charge >= 0.3 is 0 Å². The molecule has 7 nitrogen and oxygen atoms in total. The van der Waals surface area contributed by atoms with Crippen LogP contribution in [0.2, 0.25) is 0 Å². The lowest BCUT2D eigenvalue weighted by atomic mass is 10.3. The van der Waals surface area contributed by atoms with E-state index in [0.717, 1.165) is 11.4 Å². The van der Waals surface area contributed by atoms with E-state index in [1.165, 1.54) is 17.8 Å². The smallest absolute Gasteiger partial charge is 0.196 e. The standard InChI is InChI=1S/C21H19FN4O3S/c1-14-11-17(29-25-14)13-30-21-24-23-20(26(21)19-6-4-3-5-18(19)22)12-28-16-9-7-15(27-2)8-10-16/h3-11H,12-13H2,1-2H3. The van der Waals surface area contributed by atoms with E-state index in [2.05, 4.69) is 15.4 Å². The first-order valence-electron chi connectivity index (χ1n) is 9.15. The summed E-state index contributed by atoms with van der Waals surface area (Å²) in [7, 11) is 1.60. The molecule has 0 bridgehead atoms. The van der Waals surface area contributed by atoms with E-state index >= 15 is 0 Å². The van der Waals surface area contributed by atoms with E-state index in [4.69, 9.17) is 14.0 Å². The van der Waals surface area contributed by atoms with Gasteiger partial charge in [-0.2, -0.15) is 0 Å². The van der Waals surface area contributed by atoms with Gasteiger partial charge in [-0.15, -0.1) is 10.2 Å². The summed E-state index contributed by atoms with van der Waals surface area (Å²) in [4.78, 5) is 0. The highest BCUT2D eigenvalue weighted by Gasteiger charge is 2.18. The molecule has 0 N–H and O–H groups in total. The van der Waals surface area contributed by atoms with Gasteiger partial charge in [0, 0.05) is 6.07 Å². The molecule has 2 aromatic carbocycles. The second-order valence-electron chi connectivity index (χ2n) is 6.37. The second kappa shape index (κ2) is 9.00. The van der Waals surface area contributed by atoms with Crippen LogP contribution in [0, 0.1) is 12.7 Å². The lowest BCUT2D eigenvalue weighted by Gasteiger charge is -2.12. The third-order valence-electron chi connectivity index (χ3n) is 4.24. The molecule has 2 aromatic heterocycles. The first-order valence-corrected chi connectivity index (χ1v) is 10.1. The number of thioether (sulfide) groups is 1. The van der Waals surface area contributed by atoms with Crippen LogP contribution in [0.4, 0.5) is 4.39 Å². The Bertz CT molecular complexity index is 1130. The van der Waals surface area contributed by atoms with Crippen molar-refractivity contribution < 1.29 is 18.4 Å². The quantitative estimate of drug-likeness (QED) is 0.382. The maximum absolute atomic E-state index is 14.6. The average molecular weight is 426 g/mol. The number of aromatic nitrogens is 4. The Hall–Kier alpha value is -3.33. The molecule has 9 heteroatoms. The van der Waals surface area contributed by atoms with Gasteiger partial charge in [0.2, 0.25) is 0 Å². The van der Waals surface area contributed by atoms with E-state index < -0.39 is 0 Å². The molecule has 0 fully saturated rings.